The van der Waals surface area contributed by atoms with Crippen LogP contribution in [0, 0.1) is 15.5 Å². The van der Waals surface area contributed by atoms with Gasteiger partial charge in [0.25, 0.3) is 11.6 Å². The molecule has 0 fully saturated rings. The number of nitrogens with zero attached hydrogens (tertiary/aromatic N) is 2. The number of anilines is 1. The van der Waals surface area contributed by atoms with Crippen molar-refractivity contribution >= 4 is 17.3 Å². The van der Waals surface area contributed by atoms with Crippen LogP contribution in [0.2, 0.25) is 0 Å². The second kappa shape index (κ2) is 5.87. The van der Waals surface area contributed by atoms with Crippen LogP contribution in [0.5, 0.6) is 0 Å². The number of hydrogen-bond acceptors (Lipinski definition) is 5. The third-order valence-electron chi connectivity index (χ3n) is 3.04. The lowest BCUT2D eigenvalue weighted by Gasteiger charge is -2.29. The fourth-order valence-electron chi connectivity index (χ4n) is 1.83. The fraction of sp³-hybridized carbons (Fsp3) is 0.462. The van der Waals surface area contributed by atoms with Gasteiger partial charge in [0, 0.05) is 31.4 Å². The van der Waals surface area contributed by atoms with Gasteiger partial charge in [0.1, 0.15) is 0 Å². The lowest BCUT2D eigenvalue weighted by Crippen LogP contribution is -2.40. The molecule has 4 N–H and O–H groups in total. The molecule has 110 valence electrons. The van der Waals surface area contributed by atoms with Crippen LogP contribution in [-0.4, -0.2) is 35.9 Å². The van der Waals surface area contributed by atoms with Crippen molar-refractivity contribution in [1.82, 2.24) is 4.90 Å². The van der Waals surface area contributed by atoms with Gasteiger partial charge < -0.3 is 16.4 Å². The lowest BCUT2D eigenvalue weighted by molar-refractivity contribution is -0.384. The van der Waals surface area contributed by atoms with E-state index >= 15 is 0 Å². The first-order valence-electron chi connectivity index (χ1n) is 6.17. The molecule has 1 aromatic rings. The summed E-state index contributed by atoms with van der Waals surface area (Å²) in [6.07, 6.45) is 0. The predicted octanol–water partition coefficient (Wildman–Crippen LogP) is 1.23. The minimum atomic E-state index is -0.556. The average molecular weight is 280 g/mol. The van der Waals surface area contributed by atoms with Crippen LogP contribution in [0.3, 0.4) is 0 Å². The van der Waals surface area contributed by atoms with Gasteiger partial charge in [-0.3, -0.25) is 14.9 Å². The van der Waals surface area contributed by atoms with E-state index in [1.807, 2.05) is 13.8 Å². The topological polar surface area (TPSA) is 115 Å². The Bertz CT molecular complexity index is 528. The molecule has 0 spiro atoms. The largest absolute Gasteiger partial charge is 0.398 e. The van der Waals surface area contributed by atoms with E-state index in [0.717, 1.165) is 0 Å². The first-order chi connectivity index (χ1) is 9.18. The van der Waals surface area contributed by atoms with E-state index < -0.39 is 4.92 Å². The number of hydrogen-bond donors (Lipinski definition) is 2. The molecule has 0 saturated carbocycles. The van der Waals surface area contributed by atoms with E-state index in [1.54, 1.807) is 7.05 Å². The van der Waals surface area contributed by atoms with Gasteiger partial charge >= 0.3 is 0 Å². The average Bonchev–Trinajstić information content (AvgIpc) is 2.37. The van der Waals surface area contributed by atoms with Crippen molar-refractivity contribution in [2.24, 2.45) is 11.1 Å². The molecule has 7 heteroatoms. The van der Waals surface area contributed by atoms with Crippen LogP contribution in [0.25, 0.3) is 0 Å². The molecule has 0 saturated heterocycles. The van der Waals surface area contributed by atoms with Crippen molar-refractivity contribution in [3.05, 3.63) is 33.9 Å². The Kier molecular flexibility index (Phi) is 4.67. The van der Waals surface area contributed by atoms with E-state index in [2.05, 4.69) is 0 Å². The molecule has 0 aliphatic heterocycles. The number of nitrogen functional groups attached to an aromatic ring is 1. The minimum Gasteiger partial charge on any atom is -0.398 e. The summed E-state index contributed by atoms with van der Waals surface area (Å²) in [4.78, 5) is 24.0. The maximum atomic E-state index is 12.3. The molecule has 0 unspecified atom stereocenters. The minimum absolute atomic E-state index is 0.134. The number of benzene rings is 1. The molecule has 0 heterocycles. The fourth-order valence-corrected chi connectivity index (χ4v) is 1.83. The van der Waals surface area contributed by atoms with Crippen molar-refractivity contribution < 1.29 is 9.72 Å². The number of carbonyl (C=O) groups excluding carboxylic acids is 1. The van der Waals surface area contributed by atoms with Crippen molar-refractivity contribution in [1.29, 1.82) is 0 Å². The third kappa shape index (κ3) is 3.67. The highest BCUT2D eigenvalue weighted by atomic mass is 16.6. The van der Waals surface area contributed by atoms with Crippen LogP contribution in [0.15, 0.2) is 18.2 Å². The summed E-state index contributed by atoms with van der Waals surface area (Å²) in [6.45, 7) is 4.74. The Hall–Kier alpha value is -2.15. The van der Waals surface area contributed by atoms with Gasteiger partial charge in [0.15, 0.2) is 0 Å². The first-order valence-corrected chi connectivity index (χ1v) is 6.17. The highest BCUT2D eigenvalue weighted by molar-refractivity contribution is 5.99. The summed E-state index contributed by atoms with van der Waals surface area (Å²) < 4.78 is 0. The summed E-state index contributed by atoms with van der Waals surface area (Å²) in [5.41, 5.74) is 11.3. The van der Waals surface area contributed by atoms with Gasteiger partial charge in [-0.1, -0.05) is 13.8 Å². The van der Waals surface area contributed by atoms with Gasteiger partial charge in [-0.05, 0) is 18.0 Å². The summed E-state index contributed by atoms with van der Waals surface area (Å²) in [6, 6.07) is 3.84. The van der Waals surface area contributed by atoms with Gasteiger partial charge in [0.2, 0.25) is 0 Å². The van der Waals surface area contributed by atoms with Crippen molar-refractivity contribution in [2.75, 3.05) is 25.9 Å². The van der Waals surface area contributed by atoms with Gasteiger partial charge in [-0.15, -0.1) is 0 Å². The van der Waals surface area contributed by atoms with Gasteiger partial charge in [-0.25, -0.2) is 0 Å². The smallest absolute Gasteiger partial charge is 0.270 e. The van der Waals surface area contributed by atoms with Crippen molar-refractivity contribution in [3.63, 3.8) is 0 Å². The molecular weight excluding hydrogens is 260 g/mol. The molecule has 0 bridgehead atoms. The number of rotatable bonds is 5. The van der Waals surface area contributed by atoms with Crippen LogP contribution in [-0.2, 0) is 0 Å². The van der Waals surface area contributed by atoms with E-state index in [1.165, 1.54) is 23.1 Å². The molecular formula is C13H20N4O3. The maximum absolute atomic E-state index is 12.3. The monoisotopic (exact) mass is 280 g/mol. The number of non-ortho nitro benzene ring substituents is 1. The molecule has 0 atom stereocenters. The molecule has 0 aliphatic rings. The maximum Gasteiger partial charge on any atom is 0.270 e. The molecule has 1 aromatic carbocycles. The van der Waals surface area contributed by atoms with Crippen LogP contribution < -0.4 is 11.5 Å². The highest BCUT2D eigenvalue weighted by Gasteiger charge is 2.24. The number of nitro groups is 1. The normalized spacial score (nSPS) is 11.2. The second-order valence-electron chi connectivity index (χ2n) is 5.56. The van der Waals surface area contributed by atoms with Crippen LogP contribution >= 0.6 is 0 Å². The van der Waals surface area contributed by atoms with Gasteiger partial charge in [-0.2, -0.15) is 0 Å². The summed E-state index contributed by atoms with van der Waals surface area (Å²) >= 11 is 0. The molecule has 1 amide bonds. The Labute approximate surface area is 117 Å². The Morgan fingerprint density at radius 2 is 2.05 bits per heavy atom. The standard InChI is InChI=1S/C13H20N4O3/c1-13(2,7-14)8-16(3)12(18)10-6-9(17(19)20)4-5-11(10)15/h4-6H,7-8,14-15H2,1-3H3. The molecule has 1 rings (SSSR count). The van der Waals surface area contributed by atoms with E-state index in [9.17, 15) is 14.9 Å². The van der Waals surface area contributed by atoms with Crippen molar-refractivity contribution in [3.8, 4) is 0 Å². The Morgan fingerprint density at radius 1 is 1.45 bits per heavy atom. The second-order valence-corrected chi connectivity index (χ2v) is 5.56. The lowest BCUT2D eigenvalue weighted by atomic mass is 9.93. The molecule has 0 radical (unpaired) electrons. The third-order valence-corrected chi connectivity index (χ3v) is 3.04. The molecule has 0 aliphatic carbocycles. The first kappa shape index (κ1) is 15.9. The number of nitro benzene ring substituents is 1. The van der Waals surface area contributed by atoms with E-state index in [0.29, 0.717) is 13.1 Å². The van der Waals surface area contributed by atoms with E-state index in [-0.39, 0.29) is 28.3 Å². The SMILES string of the molecule is CN(CC(C)(C)CN)C(=O)c1cc([N+](=O)[O-])ccc1N. The summed E-state index contributed by atoms with van der Waals surface area (Å²) in [5.74, 6) is -0.354. The van der Waals surface area contributed by atoms with E-state index in [4.69, 9.17) is 11.5 Å². The number of amides is 1. The zero-order valence-corrected chi connectivity index (χ0v) is 11.9. The quantitative estimate of drug-likeness (QED) is 0.478. The highest BCUT2D eigenvalue weighted by Crippen LogP contribution is 2.22. The van der Waals surface area contributed by atoms with Gasteiger partial charge in [0.05, 0.1) is 10.5 Å². The molecule has 0 aromatic heterocycles. The Balaban J connectivity index is 3.02. The summed E-state index contributed by atoms with van der Waals surface area (Å²) in [5, 5.41) is 10.8. The zero-order chi connectivity index (χ0) is 15.5. The van der Waals surface area contributed by atoms with Crippen molar-refractivity contribution in [2.45, 2.75) is 13.8 Å². The number of carbonyl (C=O) groups is 1. The molecule has 20 heavy (non-hydrogen) atoms. The molecule has 7 nitrogen and oxygen atoms in total. The summed E-state index contributed by atoms with van der Waals surface area (Å²) in [7, 11) is 1.62. The number of nitrogens with two attached hydrogens (primary N) is 2. The Morgan fingerprint density at radius 3 is 2.55 bits per heavy atom. The van der Waals surface area contributed by atoms with Crippen LogP contribution in [0.1, 0.15) is 24.2 Å². The zero-order valence-electron chi connectivity index (χ0n) is 11.9. The predicted molar refractivity (Wildman–Crippen MR) is 77.3 cm³/mol. The van der Waals surface area contributed by atoms with Crippen LogP contribution in [0.4, 0.5) is 11.4 Å².